The van der Waals surface area contributed by atoms with Gasteiger partial charge in [-0.15, -0.1) is 0 Å². The molecule has 0 unspecified atom stereocenters. The fraction of sp³-hybridized carbons (Fsp3) is 0.938. The number of oxime groups is 2. The molecule has 0 saturated heterocycles. The van der Waals surface area contributed by atoms with E-state index in [1.54, 1.807) is 14.2 Å². The monoisotopic (exact) mass is 638 g/mol. The Balaban J connectivity index is 1.73. The predicted molar refractivity (Wildman–Crippen MR) is 181 cm³/mol. The lowest BCUT2D eigenvalue weighted by molar-refractivity contribution is -0.159. The fourth-order valence-corrected chi connectivity index (χ4v) is 12.6. The highest BCUT2D eigenvalue weighted by Crippen LogP contribution is 2.68. The molecule has 0 N–H and O–H groups in total. The Labute approximate surface area is 260 Å². The summed E-state index contributed by atoms with van der Waals surface area (Å²) >= 11 is 0. The second kappa shape index (κ2) is 12.7. The molecule has 0 aromatic heterocycles. The Bertz CT molecular complexity index is 990. The van der Waals surface area contributed by atoms with E-state index >= 15 is 0 Å². The van der Waals surface area contributed by atoms with E-state index in [1.165, 1.54) is 38.5 Å². The molecule has 4 aliphatic rings. The Morgan fingerprint density at radius 2 is 1.52 bits per heavy atom. The minimum Gasteiger partial charge on any atom is -0.415 e. The predicted octanol–water partition coefficient (Wildman–Crippen LogP) is 8.16. The van der Waals surface area contributed by atoms with Crippen molar-refractivity contribution in [3.63, 3.8) is 0 Å². The molecule has 0 aromatic carbocycles. The molecule has 0 aliphatic heterocycles. The second-order valence-electron chi connectivity index (χ2n) is 17.0. The molecular formula is C32H62N2O5Si3. The summed E-state index contributed by atoms with van der Waals surface area (Å²) in [5, 5.41) is 9.17. The molecule has 0 radical (unpaired) electrons. The zero-order valence-electron chi connectivity index (χ0n) is 28.9. The molecular weight excluding hydrogens is 577 g/mol. The van der Waals surface area contributed by atoms with E-state index in [4.69, 9.17) is 23.0 Å². The number of hydrogen-bond donors (Lipinski definition) is 0. The van der Waals surface area contributed by atoms with Crippen molar-refractivity contribution in [2.45, 2.75) is 129 Å². The first-order valence-corrected chi connectivity index (χ1v) is 26.8. The van der Waals surface area contributed by atoms with Crippen molar-refractivity contribution in [1.82, 2.24) is 0 Å². The molecule has 4 aliphatic carbocycles. The third kappa shape index (κ3) is 7.46. The third-order valence-corrected chi connectivity index (χ3v) is 13.9. The van der Waals surface area contributed by atoms with E-state index in [0.717, 1.165) is 18.6 Å². The lowest BCUT2D eigenvalue weighted by Gasteiger charge is -2.63. The lowest BCUT2D eigenvalue weighted by Crippen LogP contribution is -2.62. The topological polar surface area (TPSA) is 70.9 Å². The summed E-state index contributed by atoms with van der Waals surface area (Å²) in [5.41, 5.74) is 1.13. The van der Waals surface area contributed by atoms with E-state index in [0.29, 0.717) is 36.4 Å². The molecule has 0 bridgehead atoms. The molecule has 10 heteroatoms. The van der Waals surface area contributed by atoms with Crippen LogP contribution in [0.4, 0.5) is 0 Å². The Kier molecular flexibility index (Phi) is 10.4. The van der Waals surface area contributed by atoms with Gasteiger partial charge < -0.3 is 23.0 Å². The summed E-state index contributed by atoms with van der Waals surface area (Å²) in [7, 11) is -1.81. The van der Waals surface area contributed by atoms with E-state index in [9.17, 15) is 0 Å². The summed E-state index contributed by atoms with van der Waals surface area (Å²) in [5.74, 6) is 2.60. The molecule has 0 amide bonds. The van der Waals surface area contributed by atoms with Crippen LogP contribution in [0, 0.1) is 40.4 Å². The largest absolute Gasteiger partial charge is 0.415 e. The minimum absolute atomic E-state index is 0.178. The van der Waals surface area contributed by atoms with Crippen LogP contribution in [0.3, 0.4) is 0 Å². The SMILES string of the molecule is CO/N=C\[C@]12C[C@H](O[Si](C)(C)C)[C@H]3[C@@H](CC[C@H]4C[C@@H](O[Si](C)(C)C)CC[C@@]43C)[C@@H]1CC[C@@H]2/C(CO[Si](C)(C)C)=N\OC. The van der Waals surface area contributed by atoms with E-state index in [1.807, 2.05) is 0 Å². The smallest absolute Gasteiger partial charge is 0.184 e. The second-order valence-corrected chi connectivity index (χ2v) is 30.4. The maximum absolute atomic E-state index is 7.30. The van der Waals surface area contributed by atoms with Crippen LogP contribution in [0.5, 0.6) is 0 Å². The number of hydrogen-bond acceptors (Lipinski definition) is 7. The summed E-state index contributed by atoms with van der Waals surface area (Å²) in [6, 6.07) is 0. The van der Waals surface area contributed by atoms with Gasteiger partial charge in [-0.1, -0.05) is 17.2 Å². The average molecular weight is 639 g/mol. The minimum atomic E-state index is -1.84. The van der Waals surface area contributed by atoms with Crippen LogP contribution < -0.4 is 0 Å². The van der Waals surface area contributed by atoms with Gasteiger partial charge in [0.25, 0.3) is 0 Å². The van der Waals surface area contributed by atoms with Gasteiger partial charge in [0.05, 0.1) is 18.5 Å². The Hall–Kier alpha value is -0.529. The Morgan fingerprint density at radius 3 is 2.12 bits per heavy atom. The molecule has 42 heavy (non-hydrogen) atoms. The number of rotatable bonds is 11. The van der Waals surface area contributed by atoms with Gasteiger partial charge in [0.1, 0.15) is 14.2 Å². The third-order valence-electron chi connectivity index (χ3n) is 10.8. The van der Waals surface area contributed by atoms with Crippen molar-refractivity contribution in [2.24, 2.45) is 50.7 Å². The van der Waals surface area contributed by atoms with Crippen LogP contribution in [0.15, 0.2) is 10.3 Å². The summed E-state index contributed by atoms with van der Waals surface area (Å²) in [6.07, 6.45) is 12.2. The normalized spacial score (nSPS) is 39.5. The fourth-order valence-electron chi connectivity index (χ4n) is 9.65. The van der Waals surface area contributed by atoms with E-state index in [2.05, 4.69) is 82.4 Å². The molecule has 9 atom stereocenters. The zero-order valence-corrected chi connectivity index (χ0v) is 31.9. The molecule has 4 rings (SSSR count). The zero-order chi connectivity index (χ0) is 31.1. The van der Waals surface area contributed by atoms with Crippen molar-refractivity contribution in [3.05, 3.63) is 0 Å². The molecule has 242 valence electrons. The average Bonchev–Trinajstić information content (AvgIpc) is 3.22. The van der Waals surface area contributed by atoms with Crippen LogP contribution in [0.1, 0.15) is 58.3 Å². The van der Waals surface area contributed by atoms with E-state index < -0.39 is 25.0 Å². The summed E-state index contributed by atoms with van der Waals surface area (Å²) < 4.78 is 20.5. The molecule has 0 aromatic rings. The van der Waals surface area contributed by atoms with Crippen LogP contribution in [0.2, 0.25) is 58.9 Å². The molecule has 7 nitrogen and oxygen atoms in total. The number of fused-ring (bicyclic) bond motifs is 5. The summed E-state index contributed by atoms with van der Waals surface area (Å²) in [4.78, 5) is 10.9. The van der Waals surface area contributed by atoms with Gasteiger partial charge in [-0.2, -0.15) is 0 Å². The van der Waals surface area contributed by atoms with Gasteiger partial charge in [-0.25, -0.2) is 0 Å². The highest BCUT2D eigenvalue weighted by Gasteiger charge is 2.66. The standard InChI is InChI=1S/C32H62N2O5Si3/c1-31-18-17-24(38-41(7,8)9)19-23(31)13-14-25-26-15-16-27(28(34-36-3)21-37-40(4,5)6)32(26,22-33-35-2)20-29(30(25)31)39-42(10,11)12/h22-27,29-30H,13-21H2,1-12H3/b33-22-,34-28-/t23-,24-,25-,26-,27+,29-,30+,31-,32+/m0/s1. The van der Waals surface area contributed by atoms with Crippen LogP contribution in [0.25, 0.3) is 0 Å². The van der Waals surface area contributed by atoms with Gasteiger partial charge in [0, 0.05) is 23.5 Å². The van der Waals surface area contributed by atoms with Gasteiger partial charge in [0.15, 0.2) is 25.0 Å². The van der Waals surface area contributed by atoms with Crippen molar-refractivity contribution in [1.29, 1.82) is 0 Å². The maximum atomic E-state index is 7.30. The van der Waals surface area contributed by atoms with Gasteiger partial charge in [0.2, 0.25) is 0 Å². The molecule has 0 spiro atoms. The number of nitrogens with zero attached hydrogens (tertiary/aromatic N) is 2. The highest BCUT2D eigenvalue weighted by atomic mass is 28.4. The van der Waals surface area contributed by atoms with Gasteiger partial charge >= 0.3 is 0 Å². The van der Waals surface area contributed by atoms with Gasteiger partial charge in [-0.3, -0.25) is 0 Å². The molecule has 4 saturated carbocycles. The van der Waals surface area contributed by atoms with Crippen molar-refractivity contribution in [3.8, 4) is 0 Å². The highest BCUT2D eigenvalue weighted by molar-refractivity contribution is 6.70. The Morgan fingerprint density at radius 1 is 0.833 bits per heavy atom. The van der Waals surface area contributed by atoms with Crippen LogP contribution in [-0.4, -0.2) is 69.9 Å². The van der Waals surface area contributed by atoms with Crippen LogP contribution in [-0.2, 0) is 23.0 Å². The first-order chi connectivity index (χ1) is 19.4. The quantitative estimate of drug-likeness (QED) is 0.130. The van der Waals surface area contributed by atoms with E-state index in [-0.39, 0.29) is 22.9 Å². The van der Waals surface area contributed by atoms with Crippen molar-refractivity contribution >= 4 is 36.9 Å². The van der Waals surface area contributed by atoms with Crippen molar-refractivity contribution in [2.75, 3.05) is 20.8 Å². The van der Waals surface area contributed by atoms with Crippen molar-refractivity contribution < 1.29 is 23.0 Å². The first-order valence-electron chi connectivity index (χ1n) is 16.6. The summed E-state index contributed by atoms with van der Waals surface area (Å²) in [6.45, 7) is 24.0. The first kappa shape index (κ1) is 34.3. The van der Waals surface area contributed by atoms with Crippen LogP contribution >= 0.6 is 0 Å². The molecule has 4 fully saturated rings. The van der Waals surface area contributed by atoms with Gasteiger partial charge in [-0.05, 0) is 139 Å². The molecule has 0 heterocycles. The maximum Gasteiger partial charge on any atom is 0.184 e. The lowest BCUT2D eigenvalue weighted by atomic mass is 9.43.